The van der Waals surface area contributed by atoms with Crippen LogP contribution in [-0.4, -0.2) is 87.8 Å². The van der Waals surface area contributed by atoms with Crippen molar-refractivity contribution in [2.75, 3.05) is 63.9 Å². The molecule has 7 nitrogen and oxygen atoms in total. The summed E-state index contributed by atoms with van der Waals surface area (Å²) in [6.07, 6.45) is 5.74. The van der Waals surface area contributed by atoms with Crippen molar-refractivity contribution in [3.63, 3.8) is 0 Å². The van der Waals surface area contributed by atoms with Crippen LogP contribution in [0.15, 0.2) is 47.4 Å². The molecule has 0 saturated carbocycles. The van der Waals surface area contributed by atoms with Gasteiger partial charge in [0, 0.05) is 51.2 Å². The molecule has 2 heterocycles. The van der Waals surface area contributed by atoms with Gasteiger partial charge in [-0.15, -0.1) is 0 Å². The zero-order valence-electron chi connectivity index (χ0n) is 21.3. The first-order valence-corrected chi connectivity index (χ1v) is 15.6. The van der Waals surface area contributed by atoms with Crippen molar-refractivity contribution in [2.45, 2.75) is 30.6 Å². The molecule has 2 saturated heterocycles. The van der Waals surface area contributed by atoms with Gasteiger partial charge in [-0.3, -0.25) is 4.90 Å². The van der Waals surface area contributed by atoms with Gasteiger partial charge >= 0.3 is 6.03 Å². The van der Waals surface area contributed by atoms with E-state index in [1.54, 1.807) is 30.3 Å². The number of halogens is 2. The van der Waals surface area contributed by atoms with E-state index in [4.69, 9.17) is 23.2 Å². The number of amides is 2. The second kappa shape index (κ2) is 12.8. The molecule has 0 spiro atoms. The fourth-order valence-corrected chi connectivity index (χ4v) is 6.12. The molecule has 0 aromatic heterocycles. The number of urea groups is 1. The quantitative estimate of drug-likeness (QED) is 0.492. The number of piperidine rings is 1. The lowest BCUT2D eigenvalue weighted by atomic mass is 9.96. The molecule has 2 amide bonds. The fourth-order valence-electron chi connectivity index (χ4n) is 5.19. The van der Waals surface area contributed by atoms with E-state index < -0.39 is 9.84 Å². The lowest BCUT2D eigenvalue weighted by Crippen LogP contribution is -2.52. The number of anilines is 1. The largest absolute Gasteiger partial charge is 0.322 e. The summed E-state index contributed by atoms with van der Waals surface area (Å²) in [7, 11) is -3.14. The summed E-state index contributed by atoms with van der Waals surface area (Å²) in [4.78, 5) is 19.9. The Bertz CT molecular complexity index is 1170. The van der Waals surface area contributed by atoms with Crippen LogP contribution >= 0.6 is 23.2 Å². The molecule has 0 radical (unpaired) electrons. The van der Waals surface area contributed by atoms with Gasteiger partial charge in [0.2, 0.25) is 0 Å². The summed E-state index contributed by atoms with van der Waals surface area (Å²) in [5.74, 6) is 0.652. The van der Waals surface area contributed by atoms with Crippen molar-refractivity contribution in [1.29, 1.82) is 0 Å². The van der Waals surface area contributed by atoms with Crippen LogP contribution in [0.4, 0.5) is 10.5 Å². The minimum absolute atomic E-state index is 0.104. The van der Waals surface area contributed by atoms with Gasteiger partial charge in [0.05, 0.1) is 14.9 Å². The highest BCUT2D eigenvalue weighted by atomic mass is 35.5. The number of carbonyl (C=O) groups is 1. The van der Waals surface area contributed by atoms with Crippen LogP contribution in [-0.2, 0) is 16.3 Å². The molecule has 1 N–H and O–H groups in total. The van der Waals surface area contributed by atoms with Gasteiger partial charge in [-0.2, -0.15) is 0 Å². The third kappa shape index (κ3) is 8.32. The van der Waals surface area contributed by atoms with Crippen LogP contribution in [0.3, 0.4) is 0 Å². The number of aryl methyl sites for hydroxylation is 1. The molecule has 202 valence electrons. The van der Waals surface area contributed by atoms with Crippen LogP contribution < -0.4 is 5.32 Å². The van der Waals surface area contributed by atoms with Crippen LogP contribution in [0.25, 0.3) is 0 Å². The summed E-state index contributed by atoms with van der Waals surface area (Å²) < 4.78 is 23.3. The average molecular weight is 568 g/mol. The summed E-state index contributed by atoms with van der Waals surface area (Å²) in [5.41, 5.74) is 1.83. The van der Waals surface area contributed by atoms with E-state index in [9.17, 15) is 13.2 Å². The standard InChI is InChI=1S/C27H36Cl2N4O3S/c1-37(35,36)24-9-6-21(7-10-24)4-2-12-31-13-3-5-22(19-31)20-32-14-16-33(17-15-32)27(34)30-23-8-11-25(28)26(29)18-23/h6-11,18,22H,2-5,12-17,19-20H2,1H3,(H,30,34)/t22-/m1/s1. The van der Waals surface area contributed by atoms with Gasteiger partial charge in [0.15, 0.2) is 9.84 Å². The number of piperazine rings is 1. The Morgan fingerprint density at radius 1 is 0.973 bits per heavy atom. The summed E-state index contributed by atoms with van der Waals surface area (Å²) in [6.45, 7) is 7.59. The van der Waals surface area contributed by atoms with E-state index in [0.717, 1.165) is 52.1 Å². The molecule has 4 rings (SSSR count). The number of rotatable bonds is 8. The highest BCUT2D eigenvalue weighted by Crippen LogP contribution is 2.25. The van der Waals surface area contributed by atoms with E-state index in [2.05, 4.69) is 15.1 Å². The van der Waals surface area contributed by atoms with Gasteiger partial charge in [-0.05, 0) is 80.6 Å². The fraction of sp³-hybridized carbons (Fsp3) is 0.519. The molecule has 0 unspecified atom stereocenters. The predicted molar refractivity (Wildman–Crippen MR) is 151 cm³/mol. The molecule has 2 aromatic carbocycles. The molecule has 0 aliphatic carbocycles. The van der Waals surface area contributed by atoms with Gasteiger partial charge < -0.3 is 15.1 Å². The third-order valence-electron chi connectivity index (χ3n) is 7.24. The molecule has 1 atom stereocenters. The number of carbonyl (C=O) groups excluding carboxylic acids is 1. The first kappa shape index (κ1) is 28.2. The molecule has 0 bridgehead atoms. The van der Waals surface area contributed by atoms with E-state index in [1.165, 1.54) is 24.7 Å². The maximum atomic E-state index is 12.7. The minimum atomic E-state index is -3.14. The number of sulfone groups is 1. The third-order valence-corrected chi connectivity index (χ3v) is 9.11. The van der Waals surface area contributed by atoms with Gasteiger partial charge in [0.25, 0.3) is 0 Å². The number of nitrogens with one attached hydrogen (secondary N) is 1. The van der Waals surface area contributed by atoms with Crippen LogP contribution in [0.5, 0.6) is 0 Å². The zero-order chi connectivity index (χ0) is 26.4. The Morgan fingerprint density at radius 3 is 2.38 bits per heavy atom. The van der Waals surface area contributed by atoms with E-state index in [1.807, 2.05) is 17.0 Å². The van der Waals surface area contributed by atoms with E-state index in [-0.39, 0.29) is 6.03 Å². The van der Waals surface area contributed by atoms with Crippen LogP contribution in [0.1, 0.15) is 24.8 Å². The number of hydrogen-bond acceptors (Lipinski definition) is 5. The second-order valence-electron chi connectivity index (χ2n) is 10.2. The van der Waals surface area contributed by atoms with Crippen molar-refractivity contribution < 1.29 is 13.2 Å². The Kier molecular flexibility index (Phi) is 9.75. The van der Waals surface area contributed by atoms with E-state index in [0.29, 0.717) is 39.6 Å². The van der Waals surface area contributed by atoms with Crippen LogP contribution in [0, 0.1) is 5.92 Å². The van der Waals surface area contributed by atoms with Gasteiger partial charge in [-0.1, -0.05) is 35.3 Å². The Morgan fingerprint density at radius 2 is 1.70 bits per heavy atom. The summed E-state index contributed by atoms with van der Waals surface area (Å²) >= 11 is 12.0. The molecule has 10 heteroatoms. The van der Waals surface area contributed by atoms with Crippen molar-refractivity contribution >= 4 is 44.8 Å². The summed E-state index contributed by atoms with van der Waals surface area (Å²) in [5, 5.41) is 3.81. The SMILES string of the molecule is CS(=O)(=O)c1ccc(CCCN2CCC[C@@H](CN3CCN(C(=O)Nc4ccc(Cl)c(Cl)c4)CC3)C2)cc1. The Balaban J connectivity index is 1.16. The number of likely N-dealkylation sites (tertiary alicyclic amines) is 1. The average Bonchev–Trinajstić information content (AvgIpc) is 2.87. The van der Waals surface area contributed by atoms with Crippen molar-refractivity contribution in [2.24, 2.45) is 5.92 Å². The number of nitrogens with zero attached hydrogens (tertiary/aromatic N) is 3. The molecule has 2 fully saturated rings. The topological polar surface area (TPSA) is 73.0 Å². The van der Waals surface area contributed by atoms with Crippen molar-refractivity contribution in [1.82, 2.24) is 14.7 Å². The second-order valence-corrected chi connectivity index (χ2v) is 13.0. The molecule has 2 aliphatic rings. The maximum absolute atomic E-state index is 12.7. The normalized spacial score (nSPS) is 19.6. The van der Waals surface area contributed by atoms with Crippen molar-refractivity contribution in [3.05, 3.63) is 58.1 Å². The highest BCUT2D eigenvalue weighted by Gasteiger charge is 2.26. The molecule has 37 heavy (non-hydrogen) atoms. The molecule has 2 aromatic rings. The minimum Gasteiger partial charge on any atom is -0.322 e. The van der Waals surface area contributed by atoms with Gasteiger partial charge in [-0.25, -0.2) is 13.2 Å². The smallest absolute Gasteiger partial charge is 0.321 e. The lowest BCUT2D eigenvalue weighted by molar-refractivity contribution is 0.101. The number of hydrogen-bond donors (Lipinski definition) is 1. The predicted octanol–water partition coefficient (Wildman–Crippen LogP) is 4.89. The zero-order valence-corrected chi connectivity index (χ0v) is 23.7. The van der Waals surface area contributed by atoms with Gasteiger partial charge in [0.1, 0.15) is 0 Å². The van der Waals surface area contributed by atoms with Crippen LogP contribution in [0.2, 0.25) is 10.0 Å². The maximum Gasteiger partial charge on any atom is 0.321 e. The lowest BCUT2D eigenvalue weighted by Gasteiger charge is -2.39. The monoisotopic (exact) mass is 566 g/mol. The summed E-state index contributed by atoms with van der Waals surface area (Å²) in [6, 6.07) is 12.3. The molecular formula is C27H36Cl2N4O3S. The van der Waals surface area contributed by atoms with E-state index >= 15 is 0 Å². The molecule has 2 aliphatic heterocycles. The first-order chi connectivity index (χ1) is 17.7. The number of benzene rings is 2. The Labute approximate surface area is 230 Å². The first-order valence-electron chi connectivity index (χ1n) is 12.9. The van der Waals surface area contributed by atoms with Crippen molar-refractivity contribution in [3.8, 4) is 0 Å². The highest BCUT2D eigenvalue weighted by molar-refractivity contribution is 7.90. The Hall–Kier alpha value is -1.84. The molecular weight excluding hydrogens is 531 g/mol.